The second-order valence-corrected chi connectivity index (χ2v) is 4.28. The van der Waals surface area contributed by atoms with Gasteiger partial charge in [-0.3, -0.25) is 0 Å². The van der Waals surface area contributed by atoms with Crippen LogP contribution >= 0.6 is 0 Å². The van der Waals surface area contributed by atoms with Gasteiger partial charge >= 0.3 is 0 Å². The molecule has 0 radical (unpaired) electrons. The lowest BCUT2D eigenvalue weighted by Crippen LogP contribution is -2.48. The Labute approximate surface area is 84.6 Å². The lowest BCUT2D eigenvalue weighted by atomic mass is 10.0. The summed E-state index contributed by atoms with van der Waals surface area (Å²) in [6.45, 7) is 4.02. The van der Waals surface area contributed by atoms with Crippen molar-refractivity contribution in [3.05, 3.63) is 0 Å². The van der Waals surface area contributed by atoms with Crippen LogP contribution in [0.4, 0.5) is 0 Å². The van der Waals surface area contributed by atoms with Gasteiger partial charge in [-0.2, -0.15) is 0 Å². The molecule has 2 aliphatic rings. The Kier molecular flexibility index (Phi) is 3.38. The summed E-state index contributed by atoms with van der Waals surface area (Å²) >= 11 is 0. The summed E-state index contributed by atoms with van der Waals surface area (Å²) in [7, 11) is 0. The molecular weight excluding hydrogens is 182 g/mol. The predicted octanol–water partition coefficient (Wildman–Crippen LogP) is -0.0968. The van der Waals surface area contributed by atoms with Gasteiger partial charge in [-0.15, -0.1) is 0 Å². The summed E-state index contributed by atoms with van der Waals surface area (Å²) in [6.07, 6.45) is 2.06. The zero-order valence-electron chi connectivity index (χ0n) is 8.61. The standard InChI is InChI=1S/C10H19NO3/c1-7-4-8(2-3-14-7)11-9-5-13-6-10(9)12/h7-12H,2-6H2,1H3. The molecule has 2 rings (SSSR count). The molecule has 4 heteroatoms. The van der Waals surface area contributed by atoms with Gasteiger partial charge < -0.3 is 19.9 Å². The summed E-state index contributed by atoms with van der Waals surface area (Å²) in [5.74, 6) is 0. The zero-order valence-corrected chi connectivity index (χ0v) is 8.61. The molecule has 0 saturated carbocycles. The van der Waals surface area contributed by atoms with E-state index in [0.717, 1.165) is 19.4 Å². The van der Waals surface area contributed by atoms with Crippen LogP contribution in [0.5, 0.6) is 0 Å². The maximum atomic E-state index is 9.57. The minimum atomic E-state index is -0.340. The molecule has 0 aromatic carbocycles. The number of aliphatic hydroxyl groups is 1. The number of aliphatic hydroxyl groups excluding tert-OH is 1. The van der Waals surface area contributed by atoms with E-state index in [9.17, 15) is 5.11 Å². The van der Waals surface area contributed by atoms with Crippen molar-refractivity contribution in [3.8, 4) is 0 Å². The lowest BCUT2D eigenvalue weighted by Gasteiger charge is -2.30. The van der Waals surface area contributed by atoms with E-state index in [1.807, 2.05) is 0 Å². The normalized spacial score (nSPS) is 44.1. The van der Waals surface area contributed by atoms with Gasteiger partial charge in [0.15, 0.2) is 0 Å². The summed E-state index contributed by atoms with van der Waals surface area (Å²) in [5.41, 5.74) is 0. The second kappa shape index (κ2) is 4.57. The molecule has 2 fully saturated rings. The fourth-order valence-corrected chi connectivity index (χ4v) is 2.15. The van der Waals surface area contributed by atoms with Crippen molar-refractivity contribution in [1.29, 1.82) is 0 Å². The van der Waals surface area contributed by atoms with Gasteiger partial charge in [0.2, 0.25) is 0 Å². The maximum Gasteiger partial charge on any atom is 0.0948 e. The van der Waals surface area contributed by atoms with Gasteiger partial charge in [-0.1, -0.05) is 0 Å². The van der Waals surface area contributed by atoms with Crippen LogP contribution in [0.1, 0.15) is 19.8 Å². The molecule has 0 aromatic heterocycles. The lowest BCUT2D eigenvalue weighted by molar-refractivity contribution is 0.00830. The topological polar surface area (TPSA) is 50.7 Å². The Hall–Kier alpha value is -0.160. The Balaban J connectivity index is 1.78. The molecule has 82 valence electrons. The SMILES string of the molecule is CC1CC(NC2COCC2O)CCO1. The zero-order chi connectivity index (χ0) is 9.97. The average Bonchev–Trinajstić information content (AvgIpc) is 2.52. The van der Waals surface area contributed by atoms with E-state index in [2.05, 4.69) is 12.2 Å². The fourth-order valence-electron chi connectivity index (χ4n) is 2.15. The summed E-state index contributed by atoms with van der Waals surface area (Å²) in [5, 5.41) is 13.0. The Morgan fingerprint density at radius 1 is 1.36 bits per heavy atom. The van der Waals surface area contributed by atoms with Gasteiger partial charge in [-0.05, 0) is 19.8 Å². The maximum absolute atomic E-state index is 9.57. The molecule has 4 atom stereocenters. The highest BCUT2D eigenvalue weighted by Crippen LogP contribution is 2.15. The quantitative estimate of drug-likeness (QED) is 0.655. The van der Waals surface area contributed by atoms with E-state index in [1.54, 1.807) is 0 Å². The number of ether oxygens (including phenoxy) is 2. The first-order chi connectivity index (χ1) is 6.75. The Morgan fingerprint density at radius 2 is 2.21 bits per heavy atom. The van der Waals surface area contributed by atoms with Crippen molar-refractivity contribution in [2.45, 2.75) is 44.1 Å². The van der Waals surface area contributed by atoms with Crippen molar-refractivity contribution in [1.82, 2.24) is 5.32 Å². The third-order valence-corrected chi connectivity index (χ3v) is 2.99. The highest BCUT2D eigenvalue weighted by Gasteiger charge is 2.29. The molecule has 0 spiro atoms. The van der Waals surface area contributed by atoms with Crippen molar-refractivity contribution in [2.75, 3.05) is 19.8 Å². The molecular formula is C10H19NO3. The average molecular weight is 201 g/mol. The summed E-state index contributed by atoms with van der Waals surface area (Å²) in [4.78, 5) is 0. The van der Waals surface area contributed by atoms with E-state index in [4.69, 9.17) is 9.47 Å². The molecule has 14 heavy (non-hydrogen) atoms. The fraction of sp³-hybridized carbons (Fsp3) is 1.00. The van der Waals surface area contributed by atoms with E-state index in [1.165, 1.54) is 0 Å². The van der Waals surface area contributed by atoms with Gasteiger partial charge in [0.25, 0.3) is 0 Å². The highest BCUT2D eigenvalue weighted by atomic mass is 16.5. The van der Waals surface area contributed by atoms with Crippen molar-refractivity contribution in [3.63, 3.8) is 0 Å². The first kappa shape index (κ1) is 10.4. The van der Waals surface area contributed by atoms with Crippen molar-refractivity contribution < 1.29 is 14.6 Å². The predicted molar refractivity (Wildman–Crippen MR) is 52.2 cm³/mol. The van der Waals surface area contributed by atoms with Crippen LogP contribution in [-0.2, 0) is 9.47 Å². The molecule has 4 nitrogen and oxygen atoms in total. The number of rotatable bonds is 2. The molecule has 0 aromatic rings. The molecule has 2 aliphatic heterocycles. The first-order valence-corrected chi connectivity index (χ1v) is 5.39. The molecule has 2 saturated heterocycles. The highest BCUT2D eigenvalue weighted by molar-refractivity contribution is 4.85. The number of hydrogen-bond acceptors (Lipinski definition) is 4. The largest absolute Gasteiger partial charge is 0.389 e. The van der Waals surface area contributed by atoms with Crippen molar-refractivity contribution >= 4 is 0 Å². The molecule has 2 N–H and O–H groups in total. The molecule has 0 bridgehead atoms. The van der Waals surface area contributed by atoms with Crippen LogP contribution < -0.4 is 5.32 Å². The van der Waals surface area contributed by atoms with Crippen LogP contribution in [0.15, 0.2) is 0 Å². The molecule has 2 heterocycles. The molecule has 0 amide bonds. The van der Waals surface area contributed by atoms with Crippen LogP contribution in [0.25, 0.3) is 0 Å². The molecule has 4 unspecified atom stereocenters. The van der Waals surface area contributed by atoms with Gasteiger partial charge in [0.05, 0.1) is 31.5 Å². The van der Waals surface area contributed by atoms with Crippen LogP contribution in [-0.4, -0.2) is 49.2 Å². The summed E-state index contributed by atoms with van der Waals surface area (Å²) < 4.78 is 10.7. The molecule has 0 aliphatic carbocycles. The van der Waals surface area contributed by atoms with E-state index < -0.39 is 0 Å². The van der Waals surface area contributed by atoms with Crippen LogP contribution in [0.2, 0.25) is 0 Å². The second-order valence-electron chi connectivity index (χ2n) is 4.28. The van der Waals surface area contributed by atoms with Crippen LogP contribution in [0.3, 0.4) is 0 Å². The first-order valence-electron chi connectivity index (χ1n) is 5.39. The van der Waals surface area contributed by atoms with E-state index >= 15 is 0 Å². The minimum absolute atomic E-state index is 0.116. The third-order valence-electron chi connectivity index (χ3n) is 2.99. The Bertz CT molecular complexity index is 188. The minimum Gasteiger partial charge on any atom is -0.389 e. The van der Waals surface area contributed by atoms with Crippen LogP contribution in [0, 0.1) is 0 Å². The Morgan fingerprint density at radius 3 is 2.86 bits per heavy atom. The number of nitrogens with one attached hydrogen (secondary N) is 1. The van der Waals surface area contributed by atoms with E-state index in [-0.39, 0.29) is 12.1 Å². The monoisotopic (exact) mass is 201 g/mol. The number of hydrogen-bond donors (Lipinski definition) is 2. The smallest absolute Gasteiger partial charge is 0.0948 e. The van der Waals surface area contributed by atoms with E-state index in [0.29, 0.717) is 25.4 Å². The summed E-state index contributed by atoms with van der Waals surface area (Å²) in [6, 6.07) is 0.588. The van der Waals surface area contributed by atoms with Gasteiger partial charge in [0.1, 0.15) is 0 Å². The third kappa shape index (κ3) is 2.45. The van der Waals surface area contributed by atoms with Crippen molar-refractivity contribution in [2.24, 2.45) is 0 Å². The van der Waals surface area contributed by atoms with Gasteiger partial charge in [-0.25, -0.2) is 0 Å². The van der Waals surface area contributed by atoms with Gasteiger partial charge in [0, 0.05) is 12.6 Å².